The van der Waals surface area contributed by atoms with Gasteiger partial charge in [0.2, 0.25) is 5.91 Å². The number of carbonyl (C=O) groups is 3. The van der Waals surface area contributed by atoms with Gasteiger partial charge in [-0.15, -0.1) is 0 Å². The second-order valence-corrected chi connectivity index (χ2v) is 7.53. The van der Waals surface area contributed by atoms with E-state index in [4.69, 9.17) is 0 Å². The summed E-state index contributed by atoms with van der Waals surface area (Å²) in [7, 11) is 0. The van der Waals surface area contributed by atoms with E-state index in [0.717, 1.165) is 37.7 Å². The molecule has 0 aromatic heterocycles. The topological polar surface area (TPSA) is 69.7 Å². The average molecular weight is 371 g/mol. The molecule has 27 heavy (non-hydrogen) atoms. The van der Waals surface area contributed by atoms with Crippen LogP contribution in [0.5, 0.6) is 0 Å². The molecule has 1 aromatic rings. The molecular formula is C21H29N3O3. The van der Waals surface area contributed by atoms with Crippen LogP contribution in [0.4, 0.5) is 0 Å². The van der Waals surface area contributed by atoms with Gasteiger partial charge in [0.25, 0.3) is 0 Å². The van der Waals surface area contributed by atoms with Crippen molar-refractivity contribution in [2.24, 2.45) is 0 Å². The van der Waals surface area contributed by atoms with E-state index < -0.39 is 11.8 Å². The van der Waals surface area contributed by atoms with Crippen LogP contribution >= 0.6 is 0 Å². The lowest BCUT2D eigenvalue weighted by Gasteiger charge is -2.31. The molecule has 0 bridgehead atoms. The van der Waals surface area contributed by atoms with Crippen LogP contribution in [-0.4, -0.2) is 52.7 Å². The third kappa shape index (κ3) is 4.87. The third-order valence-electron chi connectivity index (χ3n) is 5.63. The minimum absolute atomic E-state index is 0.0391. The summed E-state index contributed by atoms with van der Waals surface area (Å²) < 4.78 is 0. The molecule has 6 heteroatoms. The summed E-state index contributed by atoms with van der Waals surface area (Å²) >= 11 is 0. The van der Waals surface area contributed by atoms with Gasteiger partial charge >= 0.3 is 11.8 Å². The van der Waals surface area contributed by atoms with Crippen molar-refractivity contribution in [2.45, 2.75) is 64.1 Å². The Bertz CT molecular complexity index is 671. The predicted octanol–water partition coefficient (Wildman–Crippen LogP) is 2.08. The summed E-state index contributed by atoms with van der Waals surface area (Å²) in [6, 6.07) is 9.92. The van der Waals surface area contributed by atoms with E-state index in [1.807, 2.05) is 42.2 Å². The molecule has 2 fully saturated rings. The molecule has 1 unspecified atom stereocenters. The summed E-state index contributed by atoms with van der Waals surface area (Å²) in [4.78, 5) is 41.1. The first kappa shape index (κ1) is 19.4. The zero-order valence-electron chi connectivity index (χ0n) is 16.0. The predicted molar refractivity (Wildman–Crippen MR) is 103 cm³/mol. The van der Waals surface area contributed by atoms with Gasteiger partial charge in [-0.1, -0.05) is 50.1 Å². The van der Waals surface area contributed by atoms with Gasteiger partial charge in [0.05, 0.1) is 0 Å². The van der Waals surface area contributed by atoms with Gasteiger partial charge in [-0.25, -0.2) is 0 Å². The Labute approximate surface area is 160 Å². The molecule has 1 aromatic carbocycles. The number of rotatable bonds is 4. The van der Waals surface area contributed by atoms with Gasteiger partial charge in [0.15, 0.2) is 0 Å². The zero-order valence-corrected chi connectivity index (χ0v) is 16.0. The second-order valence-electron chi connectivity index (χ2n) is 7.53. The number of hydrogen-bond donors (Lipinski definition) is 1. The standard InChI is InChI=1S/C21H29N3O3/c1-2-18-15-23(21(27)20(26)22-17-10-6-7-11-17)13-12-19(25)24(18)14-16-8-4-3-5-9-16/h3-5,8-9,17-18H,2,6-7,10-15H2,1H3,(H,22,26). The number of benzene rings is 1. The van der Waals surface area contributed by atoms with Crippen molar-refractivity contribution in [2.75, 3.05) is 13.1 Å². The lowest BCUT2D eigenvalue weighted by Crippen LogP contribution is -2.49. The van der Waals surface area contributed by atoms with Gasteiger partial charge < -0.3 is 15.1 Å². The van der Waals surface area contributed by atoms with Crippen molar-refractivity contribution >= 4 is 17.7 Å². The summed E-state index contributed by atoms with van der Waals surface area (Å²) in [6.07, 6.45) is 5.09. The van der Waals surface area contributed by atoms with E-state index in [1.165, 1.54) is 0 Å². The molecule has 146 valence electrons. The minimum atomic E-state index is -0.527. The van der Waals surface area contributed by atoms with E-state index in [0.29, 0.717) is 19.6 Å². The molecule has 3 amide bonds. The average Bonchev–Trinajstić information content (AvgIpc) is 3.14. The summed E-state index contributed by atoms with van der Waals surface area (Å²) in [5.74, 6) is -0.993. The molecule has 2 aliphatic rings. The van der Waals surface area contributed by atoms with Crippen LogP contribution in [0.15, 0.2) is 30.3 Å². The summed E-state index contributed by atoms with van der Waals surface area (Å²) in [5.41, 5.74) is 1.07. The van der Waals surface area contributed by atoms with E-state index in [2.05, 4.69) is 5.32 Å². The smallest absolute Gasteiger partial charge is 0.311 e. The van der Waals surface area contributed by atoms with Crippen molar-refractivity contribution < 1.29 is 14.4 Å². The van der Waals surface area contributed by atoms with Crippen LogP contribution in [0.1, 0.15) is 51.0 Å². The first-order valence-corrected chi connectivity index (χ1v) is 10.0. The van der Waals surface area contributed by atoms with Crippen LogP contribution in [0.25, 0.3) is 0 Å². The zero-order chi connectivity index (χ0) is 19.2. The largest absolute Gasteiger partial charge is 0.345 e. The highest BCUT2D eigenvalue weighted by Crippen LogP contribution is 2.19. The maximum absolute atomic E-state index is 12.7. The van der Waals surface area contributed by atoms with Crippen molar-refractivity contribution in [1.29, 1.82) is 0 Å². The minimum Gasteiger partial charge on any atom is -0.345 e. The molecule has 1 heterocycles. The Morgan fingerprint density at radius 1 is 1.15 bits per heavy atom. The monoisotopic (exact) mass is 371 g/mol. The molecule has 0 radical (unpaired) electrons. The number of carbonyl (C=O) groups excluding carboxylic acids is 3. The van der Waals surface area contributed by atoms with Crippen molar-refractivity contribution in [3.05, 3.63) is 35.9 Å². The molecule has 1 aliphatic heterocycles. The summed E-state index contributed by atoms with van der Waals surface area (Å²) in [6.45, 7) is 3.26. The fourth-order valence-electron chi connectivity index (χ4n) is 4.01. The first-order chi connectivity index (χ1) is 13.1. The SMILES string of the molecule is CCC1CN(C(=O)C(=O)NC2CCCC2)CCC(=O)N1Cc1ccccc1. The van der Waals surface area contributed by atoms with E-state index >= 15 is 0 Å². The molecule has 6 nitrogen and oxygen atoms in total. The third-order valence-corrected chi connectivity index (χ3v) is 5.63. The Morgan fingerprint density at radius 2 is 1.85 bits per heavy atom. The Balaban J connectivity index is 1.66. The lowest BCUT2D eigenvalue weighted by molar-refractivity contribution is -0.146. The van der Waals surface area contributed by atoms with Gasteiger partial charge in [-0.2, -0.15) is 0 Å². The number of amides is 3. The molecule has 1 saturated carbocycles. The number of nitrogens with zero attached hydrogens (tertiary/aromatic N) is 2. The van der Waals surface area contributed by atoms with E-state index in [9.17, 15) is 14.4 Å². The van der Waals surface area contributed by atoms with E-state index in [-0.39, 0.29) is 24.4 Å². The molecule has 1 saturated heterocycles. The van der Waals surface area contributed by atoms with Gasteiger partial charge in [-0.3, -0.25) is 14.4 Å². The highest BCUT2D eigenvalue weighted by Gasteiger charge is 2.33. The molecule has 1 atom stereocenters. The number of nitrogens with one attached hydrogen (secondary N) is 1. The van der Waals surface area contributed by atoms with Gasteiger partial charge in [0, 0.05) is 38.1 Å². The van der Waals surface area contributed by atoms with Crippen LogP contribution in [0.3, 0.4) is 0 Å². The second kappa shape index (κ2) is 9.02. The van der Waals surface area contributed by atoms with Crippen LogP contribution in [-0.2, 0) is 20.9 Å². The van der Waals surface area contributed by atoms with Gasteiger partial charge in [0.1, 0.15) is 0 Å². The van der Waals surface area contributed by atoms with Crippen LogP contribution in [0, 0.1) is 0 Å². The van der Waals surface area contributed by atoms with E-state index in [1.54, 1.807) is 4.90 Å². The molecule has 3 rings (SSSR count). The van der Waals surface area contributed by atoms with Crippen molar-refractivity contribution in [3.63, 3.8) is 0 Å². The summed E-state index contributed by atoms with van der Waals surface area (Å²) in [5, 5.41) is 2.86. The normalized spacial score (nSPS) is 21.2. The van der Waals surface area contributed by atoms with Crippen LogP contribution < -0.4 is 5.32 Å². The molecule has 1 N–H and O–H groups in total. The maximum atomic E-state index is 12.7. The van der Waals surface area contributed by atoms with Crippen molar-refractivity contribution in [3.8, 4) is 0 Å². The first-order valence-electron chi connectivity index (χ1n) is 10.0. The highest BCUT2D eigenvalue weighted by molar-refractivity contribution is 6.35. The van der Waals surface area contributed by atoms with Gasteiger partial charge in [-0.05, 0) is 24.8 Å². The fourth-order valence-corrected chi connectivity index (χ4v) is 4.01. The lowest BCUT2D eigenvalue weighted by atomic mass is 10.1. The maximum Gasteiger partial charge on any atom is 0.311 e. The fraction of sp³-hybridized carbons (Fsp3) is 0.571. The number of hydrogen-bond acceptors (Lipinski definition) is 3. The highest BCUT2D eigenvalue weighted by atomic mass is 16.2. The molecular weight excluding hydrogens is 342 g/mol. The Hall–Kier alpha value is -2.37. The quantitative estimate of drug-likeness (QED) is 0.824. The Morgan fingerprint density at radius 3 is 2.52 bits per heavy atom. The van der Waals surface area contributed by atoms with Crippen LogP contribution in [0.2, 0.25) is 0 Å². The molecule has 0 spiro atoms. The van der Waals surface area contributed by atoms with Crippen molar-refractivity contribution in [1.82, 2.24) is 15.1 Å². The molecule has 1 aliphatic carbocycles. The Kier molecular flexibility index (Phi) is 6.48.